The van der Waals surface area contributed by atoms with Crippen molar-refractivity contribution in [3.8, 4) is 0 Å². The van der Waals surface area contributed by atoms with Gasteiger partial charge in [0.2, 0.25) is 0 Å². The number of aromatic nitrogens is 2. The predicted molar refractivity (Wildman–Crippen MR) is 78.8 cm³/mol. The molecule has 1 saturated heterocycles. The first-order valence-corrected chi connectivity index (χ1v) is 7.70. The van der Waals surface area contributed by atoms with Crippen molar-refractivity contribution in [2.75, 3.05) is 26.2 Å². The minimum atomic E-state index is -0.482. The Balaban J connectivity index is 1.90. The van der Waals surface area contributed by atoms with Gasteiger partial charge in [0.05, 0.1) is 24.5 Å². The lowest BCUT2D eigenvalue weighted by molar-refractivity contribution is -0.0870. The van der Waals surface area contributed by atoms with E-state index in [4.69, 9.17) is 4.74 Å². The molecule has 0 radical (unpaired) electrons. The fraction of sp³-hybridized carbons (Fsp3) is 0.800. The number of likely N-dealkylation sites (N-methyl/N-ethyl adjacent to an activating group) is 1. The van der Waals surface area contributed by atoms with Crippen molar-refractivity contribution < 1.29 is 9.84 Å². The van der Waals surface area contributed by atoms with Crippen molar-refractivity contribution in [2.45, 2.75) is 51.9 Å². The normalized spacial score (nSPS) is 23.7. The monoisotopic (exact) mass is 281 g/mol. The third kappa shape index (κ3) is 3.81. The molecule has 20 heavy (non-hydrogen) atoms. The Bertz CT molecular complexity index is 408. The lowest BCUT2D eigenvalue weighted by Gasteiger charge is -2.34. The lowest BCUT2D eigenvalue weighted by atomic mass is 10.1. The molecule has 2 heterocycles. The van der Waals surface area contributed by atoms with Gasteiger partial charge >= 0.3 is 0 Å². The zero-order chi connectivity index (χ0) is 14.5. The molecule has 114 valence electrons. The van der Waals surface area contributed by atoms with Crippen molar-refractivity contribution in [1.82, 2.24) is 14.7 Å². The van der Waals surface area contributed by atoms with Gasteiger partial charge in [0.1, 0.15) is 0 Å². The van der Waals surface area contributed by atoms with Gasteiger partial charge in [-0.05, 0) is 26.0 Å². The third-order valence-corrected chi connectivity index (χ3v) is 4.18. The quantitative estimate of drug-likeness (QED) is 0.858. The van der Waals surface area contributed by atoms with Crippen molar-refractivity contribution in [2.24, 2.45) is 0 Å². The van der Waals surface area contributed by atoms with Gasteiger partial charge in [0.15, 0.2) is 0 Å². The van der Waals surface area contributed by atoms with E-state index in [1.807, 2.05) is 16.9 Å². The van der Waals surface area contributed by atoms with Crippen LogP contribution in [-0.2, 0) is 11.2 Å². The molecule has 3 unspecified atom stereocenters. The van der Waals surface area contributed by atoms with Crippen LogP contribution in [0.5, 0.6) is 0 Å². The van der Waals surface area contributed by atoms with E-state index in [1.54, 1.807) is 0 Å². The maximum Gasteiger partial charge on any atom is 0.0964 e. The molecule has 2 rings (SSSR count). The fourth-order valence-corrected chi connectivity index (χ4v) is 2.52. The Labute approximate surface area is 121 Å². The molecule has 0 amide bonds. The molecular formula is C15H27N3O2. The van der Waals surface area contributed by atoms with E-state index in [-0.39, 0.29) is 6.10 Å². The highest BCUT2D eigenvalue weighted by atomic mass is 16.5. The molecule has 0 aliphatic carbocycles. The molecule has 0 bridgehead atoms. The summed E-state index contributed by atoms with van der Waals surface area (Å²) in [5.74, 6) is 0. The molecule has 1 aliphatic rings. The average molecular weight is 281 g/mol. The maximum atomic E-state index is 10.3. The topological polar surface area (TPSA) is 50.5 Å². The highest BCUT2D eigenvalue weighted by molar-refractivity contribution is 5.02. The van der Waals surface area contributed by atoms with E-state index in [2.05, 4.69) is 30.8 Å². The highest BCUT2D eigenvalue weighted by Crippen LogP contribution is 2.14. The second-order valence-electron chi connectivity index (χ2n) is 5.62. The van der Waals surface area contributed by atoms with Crippen molar-refractivity contribution in [3.05, 3.63) is 18.0 Å². The predicted octanol–water partition coefficient (Wildman–Crippen LogP) is 1.48. The number of hydrogen-bond acceptors (Lipinski definition) is 4. The molecule has 5 nitrogen and oxygen atoms in total. The van der Waals surface area contributed by atoms with Crippen LogP contribution in [0.3, 0.4) is 0 Å². The van der Waals surface area contributed by atoms with Gasteiger partial charge in [-0.3, -0.25) is 9.58 Å². The largest absolute Gasteiger partial charge is 0.390 e. The second-order valence-corrected chi connectivity index (χ2v) is 5.62. The Morgan fingerprint density at radius 1 is 1.50 bits per heavy atom. The molecule has 0 aromatic carbocycles. The van der Waals surface area contributed by atoms with Crippen LogP contribution in [0.15, 0.2) is 12.3 Å². The summed E-state index contributed by atoms with van der Waals surface area (Å²) in [6, 6.07) is 2.40. The van der Waals surface area contributed by atoms with E-state index in [9.17, 15) is 5.11 Å². The zero-order valence-corrected chi connectivity index (χ0v) is 12.8. The van der Waals surface area contributed by atoms with Gasteiger partial charge in [-0.1, -0.05) is 13.8 Å². The van der Waals surface area contributed by atoms with Crippen molar-refractivity contribution in [1.29, 1.82) is 0 Å². The van der Waals surface area contributed by atoms with Crippen LogP contribution in [0.2, 0.25) is 0 Å². The van der Waals surface area contributed by atoms with Gasteiger partial charge in [-0.25, -0.2) is 0 Å². The van der Waals surface area contributed by atoms with Crippen LogP contribution < -0.4 is 0 Å². The van der Waals surface area contributed by atoms with E-state index < -0.39 is 6.10 Å². The minimum absolute atomic E-state index is 0.0996. The van der Waals surface area contributed by atoms with Gasteiger partial charge in [0, 0.05) is 31.7 Å². The zero-order valence-electron chi connectivity index (χ0n) is 12.8. The van der Waals surface area contributed by atoms with Crippen LogP contribution in [0.4, 0.5) is 0 Å². The molecule has 1 fully saturated rings. The lowest BCUT2D eigenvalue weighted by Crippen LogP contribution is -2.48. The van der Waals surface area contributed by atoms with Crippen LogP contribution in [0.1, 0.15) is 38.9 Å². The number of aliphatic hydroxyl groups excluding tert-OH is 1. The van der Waals surface area contributed by atoms with Gasteiger partial charge in [0.25, 0.3) is 0 Å². The Hall–Kier alpha value is -0.910. The van der Waals surface area contributed by atoms with Crippen LogP contribution in [0.25, 0.3) is 0 Å². The van der Waals surface area contributed by atoms with E-state index >= 15 is 0 Å². The summed E-state index contributed by atoms with van der Waals surface area (Å²) in [6.45, 7) is 9.92. The Morgan fingerprint density at radius 2 is 2.30 bits per heavy atom. The molecule has 1 aromatic heterocycles. The molecule has 5 heteroatoms. The molecule has 1 aromatic rings. The first kappa shape index (κ1) is 15.5. The number of nitrogens with zero attached hydrogens (tertiary/aromatic N) is 3. The van der Waals surface area contributed by atoms with Gasteiger partial charge in [-0.2, -0.15) is 5.10 Å². The molecule has 3 atom stereocenters. The smallest absolute Gasteiger partial charge is 0.0964 e. The minimum Gasteiger partial charge on any atom is -0.390 e. The number of rotatable bonds is 6. The summed E-state index contributed by atoms with van der Waals surface area (Å²) in [5, 5.41) is 14.9. The number of morpholine rings is 1. The summed E-state index contributed by atoms with van der Waals surface area (Å²) in [6.07, 6.45) is 3.03. The summed E-state index contributed by atoms with van der Waals surface area (Å²) in [4.78, 5) is 2.31. The van der Waals surface area contributed by atoms with Crippen LogP contribution in [0, 0.1) is 0 Å². The number of hydrogen-bond donors (Lipinski definition) is 1. The molecule has 1 N–H and O–H groups in total. The van der Waals surface area contributed by atoms with Crippen LogP contribution >= 0.6 is 0 Å². The van der Waals surface area contributed by atoms with Gasteiger partial charge < -0.3 is 9.84 Å². The number of ether oxygens (including phenoxy) is 1. The summed E-state index contributed by atoms with van der Waals surface area (Å²) in [5.41, 5.74) is 0.940. The standard InChI is InChI=1S/C15H27N3O2/c1-4-12(3)18-7-6-13(16-18)10-14(19)15-11-17(5-2)8-9-20-15/h6-7,12,14-15,19H,4-5,8-11H2,1-3H3. The van der Waals surface area contributed by atoms with Gasteiger partial charge in [-0.15, -0.1) is 0 Å². The summed E-state index contributed by atoms with van der Waals surface area (Å²) < 4.78 is 7.67. The maximum absolute atomic E-state index is 10.3. The third-order valence-electron chi connectivity index (χ3n) is 4.18. The average Bonchev–Trinajstić information content (AvgIpc) is 2.95. The van der Waals surface area contributed by atoms with E-state index in [0.29, 0.717) is 19.1 Å². The first-order chi connectivity index (χ1) is 9.63. The molecular weight excluding hydrogens is 254 g/mol. The first-order valence-electron chi connectivity index (χ1n) is 7.70. The molecule has 1 aliphatic heterocycles. The Kier molecular flexibility index (Phi) is 5.57. The van der Waals surface area contributed by atoms with E-state index in [0.717, 1.165) is 31.7 Å². The van der Waals surface area contributed by atoms with E-state index in [1.165, 1.54) is 0 Å². The summed E-state index contributed by atoms with van der Waals surface area (Å²) in [7, 11) is 0. The molecule has 0 saturated carbocycles. The number of aliphatic hydroxyl groups is 1. The SMILES string of the molecule is CCC(C)n1ccc(CC(O)C2CN(CC)CCO2)n1. The second kappa shape index (κ2) is 7.20. The van der Waals surface area contributed by atoms with Crippen molar-refractivity contribution in [3.63, 3.8) is 0 Å². The highest BCUT2D eigenvalue weighted by Gasteiger charge is 2.26. The fourth-order valence-electron chi connectivity index (χ4n) is 2.52. The van der Waals surface area contributed by atoms with Crippen molar-refractivity contribution >= 4 is 0 Å². The van der Waals surface area contributed by atoms with Crippen LogP contribution in [-0.4, -0.2) is 58.2 Å². The molecule has 0 spiro atoms. The Morgan fingerprint density at radius 3 is 3.00 bits per heavy atom. The summed E-state index contributed by atoms with van der Waals surface area (Å²) >= 11 is 0.